The Morgan fingerprint density at radius 3 is 2.20 bits per heavy atom. The van der Waals surface area contributed by atoms with Crippen LogP contribution in [0.25, 0.3) is 0 Å². The molecule has 2 aromatic rings. The molecule has 0 fully saturated rings. The molecular weight excluding hydrogens is 382 g/mol. The molecule has 0 bridgehead atoms. The fourth-order valence-electron chi connectivity index (χ4n) is 2.90. The molecule has 2 aromatic carbocycles. The summed E-state index contributed by atoms with van der Waals surface area (Å²) in [5, 5.41) is 13.1. The van der Waals surface area contributed by atoms with Gasteiger partial charge in [-0.1, -0.05) is 42.5 Å². The Labute approximate surface area is 178 Å². The van der Waals surface area contributed by atoms with Crippen LogP contribution >= 0.6 is 0 Å². The second kappa shape index (κ2) is 10.8. The number of nitrogens with one attached hydrogen (secondary N) is 1. The van der Waals surface area contributed by atoms with Crippen LogP contribution in [0.2, 0.25) is 0 Å². The highest BCUT2D eigenvalue weighted by Crippen LogP contribution is 2.17. The first-order valence-electron chi connectivity index (χ1n) is 10.0. The molecule has 6 nitrogen and oxygen atoms in total. The minimum atomic E-state index is -1.01. The molecule has 2 rings (SSSR count). The van der Waals surface area contributed by atoms with E-state index in [0.717, 1.165) is 16.9 Å². The van der Waals surface area contributed by atoms with E-state index in [0.29, 0.717) is 13.0 Å². The molecule has 0 saturated carbocycles. The lowest BCUT2D eigenvalue weighted by Gasteiger charge is -2.26. The van der Waals surface area contributed by atoms with Crippen LogP contribution in [-0.4, -0.2) is 34.7 Å². The van der Waals surface area contributed by atoms with Gasteiger partial charge in [-0.25, -0.2) is 4.79 Å². The monoisotopic (exact) mass is 413 g/mol. The molecule has 0 aliphatic rings. The summed E-state index contributed by atoms with van der Waals surface area (Å²) in [6.07, 6.45) is -1.33. The second-order valence-corrected chi connectivity index (χ2v) is 8.35. The third-order valence-corrected chi connectivity index (χ3v) is 4.29. The first kappa shape index (κ1) is 23.4. The number of alkyl carbamates (subject to hydrolysis) is 1. The Bertz CT molecular complexity index is 812. The Balaban J connectivity index is 2.00. The number of aliphatic hydroxyl groups is 1. The number of ketones is 1. The zero-order valence-electron chi connectivity index (χ0n) is 18.1. The summed E-state index contributed by atoms with van der Waals surface area (Å²) in [6, 6.07) is 16.7. The molecule has 0 heterocycles. The molecule has 0 saturated heterocycles. The van der Waals surface area contributed by atoms with E-state index in [4.69, 9.17) is 9.47 Å². The number of ether oxygens (including phenoxy) is 2. The first-order chi connectivity index (χ1) is 14.1. The Kier molecular flexibility index (Phi) is 8.42. The van der Waals surface area contributed by atoms with Crippen molar-refractivity contribution >= 4 is 11.9 Å². The van der Waals surface area contributed by atoms with Crippen LogP contribution in [0.1, 0.15) is 45.2 Å². The van der Waals surface area contributed by atoms with E-state index in [2.05, 4.69) is 5.32 Å². The molecule has 30 heavy (non-hydrogen) atoms. The van der Waals surface area contributed by atoms with E-state index in [1.165, 1.54) is 6.92 Å². The predicted octanol–water partition coefficient (Wildman–Crippen LogP) is 4.04. The molecule has 2 N–H and O–H groups in total. The molecule has 2 atom stereocenters. The second-order valence-electron chi connectivity index (χ2n) is 8.35. The highest BCUT2D eigenvalue weighted by atomic mass is 16.6. The van der Waals surface area contributed by atoms with Crippen molar-refractivity contribution in [3.05, 3.63) is 65.7 Å². The van der Waals surface area contributed by atoms with Crippen molar-refractivity contribution in [1.29, 1.82) is 0 Å². The number of carbonyl (C=O) groups excluding carboxylic acids is 2. The molecule has 1 amide bonds. The van der Waals surface area contributed by atoms with Gasteiger partial charge >= 0.3 is 6.09 Å². The van der Waals surface area contributed by atoms with Gasteiger partial charge in [-0.2, -0.15) is 0 Å². The third-order valence-electron chi connectivity index (χ3n) is 4.29. The first-order valence-corrected chi connectivity index (χ1v) is 10.0. The lowest BCUT2D eigenvalue weighted by molar-refractivity contribution is -0.119. The summed E-state index contributed by atoms with van der Waals surface area (Å²) in [4.78, 5) is 23.6. The van der Waals surface area contributed by atoms with E-state index < -0.39 is 23.8 Å². The lowest BCUT2D eigenvalue weighted by Crippen LogP contribution is -2.47. The maximum atomic E-state index is 12.2. The average molecular weight is 414 g/mol. The summed E-state index contributed by atoms with van der Waals surface area (Å²) in [5.74, 6) is 0.576. The molecular formula is C24H31NO5. The normalized spacial score (nSPS) is 13.2. The fraction of sp³-hybridized carbons (Fsp3) is 0.417. The Morgan fingerprint density at radius 2 is 1.63 bits per heavy atom. The number of carbonyl (C=O) groups is 2. The maximum Gasteiger partial charge on any atom is 0.407 e. The molecule has 162 valence electrons. The van der Waals surface area contributed by atoms with Gasteiger partial charge in [0.05, 0.1) is 12.1 Å². The van der Waals surface area contributed by atoms with Gasteiger partial charge in [0.15, 0.2) is 0 Å². The van der Waals surface area contributed by atoms with Crippen molar-refractivity contribution in [3.63, 3.8) is 0 Å². The largest absolute Gasteiger partial charge is 0.489 e. The molecule has 0 aliphatic carbocycles. The number of benzene rings is 2. The average Bonchev–Trinajstić information content (AvgIpc) is 2.65. The third kappa shape index (κ3) is 8.66. The topological polar surface area (TPSA) is 84.9 Å². The zero-order chi connectivity index (χ0) is 22.1. The fourth-order valence-corrected chi connectivity index (χ4v) is 2.90. The van der Waals surface area contributed by atoms with Crippen LogP contribution in [0.4, 0.5) is 4.79 Å². The Hall–Kier alpha value is -2.86. The van der Waals surface area contributed by atoms with Crippen LogP contribution < -0.4 is 10.1 Å². The minimum Gasteiger partial charge on any atom is -0.489 e. The van der Waals surface area contributed by atoms with E-state index in [1.807, 2.05) is 54.6 Å². The number of hydrogen-bond donors (Lipinski definition) is 2. The van der Waals surface area contributed by atoms with Crippen molar-refractivity contribution in [2.45, 2.75) is 64.9 Å². The van der Waals surface area contributed by atoms with Crippen LogP contribution in [0.3, 0.4) is 0 Å². The van der Waals surface area contributed by atoms with Gasteiger partial charge in [-0.15, -0.1) is 0 Å². The molecule has 0 unspecified atom stereocenters. The van der Waals surface area contributed by atoms with Crippen molar-refractivity contribution in [1.82, 2.24) is 5.32 Å². The van der Waals surface area contributed by atoms with Crippen LogP contribution in [-0.2, 0) is 22.6 Å². The SMILES string of the molecule is CC(=O)C[C@H](O)[C@H](Cc1ccc(OCc2ccccc2)cc1)NC(=O)OC(C)(C)C. The number of aliphatic hydroxyl groups excluding tert-OH is 1. The van der Waals surface area contributed by atoms with Crippen LogP contribution in [0.15, 0.2) is 54.6 Å². The van der Waals surface area contributed by atoms with Crippen molar-refractivity contribution < 1.29 is 24.2 Å². The van der Waals surface area contributed by atoms with Crippen molar-refractivity contribution in [3.8, 4) is 5.75 Å². The highest BCUT2D eigenvalue weighted by Gasteiger charge is 2.25. The lowest BCUT2D eigenvalue weighted by atomic mass is 9.98. The van der Waals surface area contributed by atoms with Crippen molar-refractivity contribution in [2.75, 3.05) is 0 Å². The van der Waals surface area contributed by atoms with Gasteiger partial charge in [0, 0.05) is 6.42 Å². The van der Waals surface area contributed by atoms with Crippen LogP contribution in [0, 0.1) is 0 Å². The van der Waals surface area contributed by atoms with E-state index in [-0.39, 0.29) is 12.2 Å². The van der Waals surface area contributed by atoms with E-state index in [1.54, 1.807) is 20.8 Å². The van der Waals surface area contributed by atoms with Gasteiger partial charge in [-0.05, 0) is 57.4 Å². The zero-order valence-corrected chi connectivity index (χ0v) is 18.1. The highest BCUT2D eigenvalue weighted by molar-refractivity contribution is 5.76. The van der Waals surface area contributed by atoms with E-state index >= 15 is 0 Å². The predicted molar refractivity (Wildman–Crippen MR) is 115 cm³/mol. The summed E-state index contributed by atoms with van der Waals surface area (Å²) in [6.45, 7) is 7.18. The van der Waals surface area contributed by atoms with Crippen LogP contribution in [0.5, 0.6) is 5.75 Å². The molecule has 6 heteroatoms. The van der Waals surface area contributed by atoms with E-state index in [9.17, 15) is 14.7 Å². The van der Waals surface area contributed by atoms with Gasteiger partial charge in [0.25, 0.3) is 0 Å². The number of amides is 1. The van der Waals surface area contributed by atoms with Gasteiger partial charge < -0.3 is 19.9 Å². The maximum absolute atomic E-state index is 12.2. The molecule has 0 aromatic heterocycles. The minimum absolute atomic E-state index is 0.0429. The van der Waals surface area contributed by atoms with Gasteiger partial charge in [0.1, 0.15) is 23.7 Å². The standard InChI is InChI=1S/C24H31NO5/c1-17(26)14-22(27)21(25-23(28)30-24(2,3)4)15-18-10-12-20(13-11-18)29-16-19-8-6-5-7-9-19/h5-13,21-22,27H,14-16H2,1-4H3,(H,25,28)/t21-,22-/m0/s1. The smallest absolute Gasteiger partial charge is 0.407 e. The summed E-state index contributed by atoms with van der Waals surface area (Å²) in [7, 11) is 0. The van der Waals surface area contributed by atoms with Gasteiger partial charge in [0.2, 0.25) is 0 Å². The molecule has 0 radical (unpaired) electrons. The molecule has 0 spiro atoms. The summed E-state index contributed by atoms with van der Waals surface area (Å²) < 4.78 is 11.1. The summed E-state index contributed by atoms with van der Waals surface area (Å²) >= 11 is 0. The number of rotatable bonds is 9. The number of Topliss-reactive ketones (excluding diaryl/α,β-unsaturated/α-hetero) is 1. The number of hydrogen-bond acceptors (Lipinski definition) is 5. The quantitative estimate of drug-likeness (QED) is 0.648. The summed E-state index contributed by atoms with van der Waals surface area (Å²) in [5.41, 5.74) is 1.32. The Morgan fingerprint density at radius 1 is 1.00 bits per heavy atom. The van der Waals surface area contributed by atoms with Gasteiger partial charge in [-0.3, -0.25) is 4.79 Å². The van der Waals surface area contributed by atoms with Crippen molar-refractivity contribution in [2.24, 2.45) is 0 Å². The molecule has 0 aliphatic heterocycles.